The molecule has 19 heavy (non-hydrogen) atoms. The van der Waals surface area contributed by atoms with Gasteiger partial charge < -0.3 is 10.3 Å². The van der Waals surface area contributed by atoms with Crippen molar-refractivity contribution in [1.29, 1.82) is 0 Å². The lowest BCUT2D eigenvalue weighted by molar-refractivity contribution is 0.549. The highest BCUT2D eigenvalue weighted by Gasteiger charge is 2.29. The summed E-state index contributed by atoms with van der Waals surface area (Å²) in [6, 6.07) is 2.50. The summed E-state index contributed by atoms with van der Waals surface area (Å²) in [4.78, 5) is 0. The van der Waals surface area contributed by atoms with Gasteiger partial charge in [-0.05, 0) is 36.8 Å². The van der Waals surface area contributed by atoms with E-state index in [-0.39, 0.29) is 6.04 Å². The molecule has 2 nitrogen and oxygen atoms in total. The van der Waals surface area contributed by atoms with Crippen molar-refractivity contribution >= 4 is 0 Å². The van der Waals surface area contributed by atoms with Gasteiger partial charge in [-0.25, -0.2) is 0 Å². The summed E-state index contributed by atoms with van der Waals surface area (Å²) >= 11 is 0. The minimum Gasteiger partial charge on any atom is -0.354 e. The topological polar surface area (TPSA) is 30.9 Å². The van der Waals surface area contributed by atoms with Crippen molar-refractivity contribution in [2.24, 2.45) is 11.7 Å². The van der Waals surface area contributed by atoms with Crippen LogP contribution in [0.1, 0.15) is 76.3 Å². The molecule has 1 aromatic heterocycles. The van der Waals surface area contributed by atoms with Gasteiger partial charge >= 0.3 is 0 Å². The van der Waals surface area contributed by atoms with Crippen molar-refractivity contribution < 1.29 is 0 Å². The Morgan fingerprint density at radius 3 is 2.53 bits per heavy atom. The van der Waals surface area contributed by atoms with E-state index in [1.54, 1.807) is 0 Å². The molecule has 108 valence electrons. The van der Waals surface area contributed by atoms with Gasteiger partial charge in [0.2, 0.25) is 0 Å². The Balaban J connectivity index is 1.58. The SMILES string of the molecule is CCCCCCCCCn1ccc(C(N)C2CC2)c1. The van der Waals surface area contributed by atoms with Gasteiger partial charge in [0.1, 0.15) is 0 Å². The molecule has 0 spiro atoms. The Kier molecular flexibility index (Phi) is 5.96. The number of aromatic nitrogens is 1. The fourth-order valence-corrected chi connectivity index (χ4v) is 2.77. The first-order valence-electron chi connectivity index (χ1n) is 8.22. The van der Waals surface area contributed by atoms with Crippen LogP contribution in [-0.2, 0) is 6.54 Å². The van der Waals surface area contributed by atoms with Crippen molar-refractivity contribution in [2.75, 3.05) is 0 Å². The molecule has 2 heteroatoms. The Morgan fingerprint density at radius 1 is 1.16 bits per heavy atom. The molecule has 1 unspecified atom stereocenters. The van der Waals surface area contributed by atoms with E-state index in [1.165, 1.54) is 63.4 Å². The lowest BCUT2D eigenvalue weighted by Gasteiger charge is -2.07. The third-order valence-corrected chi connectivity index (χ3v) is 4.31. The van der Waals surface area contributed by atoms with E-state index in [9.17, 15) is 0 Å². The highest BCUT2D eigenvalue weighted by atomic mass is 14.9. The van der Waals surface area contributed by atoms with E-state index in [0.717, 1.165) is 12.5 Å². The average Bonchev–Trinajstić information content (AvgIpc) is 3.16. The Bertz CT molecular complexity index is 352. The van der Waals surface area contributed by atoms with Gasteiger partial charge in [-0.2, -0.15) is 0 Å². The molecule has 1 aromatic rings. The molecule has 1 heterocycles. The number of hydrogen-bond donors (Lipinski definition) is 1. The first-order valence-corrected chi connectivity index (χ1v) is 8.22. The van der Waals surface area contributed by atoms with Crippen LogP contribution in [0.2, 0.25) is 0 Å². The van der Waals surface area contributed by atoms with Crippen LogP contribution >= 0.6 is 0 Å². The van der Waals surface area contributed by atoms with Crippen molar-refractivity contribution in [3.63, 3.8) is 0 Å². The zero-order valence-electron chi connectivity index (χ0n) is 12.5. The minimum atomic E-state index is 0.287. The van der Waals surface area contributed by atoms with E-state index in [0.29, 0.717) is 0 Å². The van der Waals surface area contributed by atoms with Crippen molar-refractivity contribution in [1.82, 2.24) is 4.57 Å². The summed E-state index contributed by atoms with van der Waals surface area (Å²) in [6.07, 6.45) is 16.8. The highest BCUT2D eigenvalue weighted by Crippen LogP contribution is 2.39. The van der Waals surface area contributed by atoms with Crippen molar-refractivity contribution in [2.45, 2.75) is 77.3 Å². The van der Waals surface area contributed by atoms with E-state index in [1.807, 2.05) is 0 Å². The normalized spacial score (nSPS) is 16.7. The van der Waals surface area contributed by atoms with E-state index in [2.05, 4.69) is 30.0 Å². The number of nitrogens with two attached hydrogens (primary N) is 1. The molecule has 1 saturated carbocycles. The lowest BCUT2D eigenvalue weighted by atomic mass is 10.1. The quantitative estimate of drug-likeness (QED) is 0.611. The van der Waals surface area contributed by atoms with E-state index < -0.39 is 0 Å². The van der Waals surface area contributed by atoms with E-state index in [4.69, 9.17) is 5.73 Å². The second kappa shape index (κ2) is 7.74. The predicted molar refractivity (Wildman–Crippen MR) is 82.1 cm³/mol. The van der Waals surface area contributed by atoms with Crippen molar-refractivity contribution in [3.8, 4) is 0 Å². The van der Waals surface area contributed by atoms with Gasteiger partial charge in [0.15, 0.2) is 0 Å². The third-order valence-electron chi connectivity index (χ3n) is 4.31. The maximum absolute atomic E-state index is 6.22. The zero-order valence-corrected chi connectivity index (χ0v) is 12.5. The summed E-state index contributed by atoms with van der Waals surface area (Å²) in [5.74, 6) is 0.759. The number of unbranched alkanes of at least 4 members (excludes halogenated alkanes) is 6. The maximum Gasteiger partial charge on any atom is 0.0338 e. The lowest BCUT2D eigenvalue weighted by Crippen LogP contribution is -2.11. The number of hydrogen-bond acceptors (Lipinski definition) is 1. The molecule has 0 radical (unpaired) electrons. The fraction of sp³-hybridized carbons (Fsp3) is 0.765. The maximum atomic E-state index is 6.22. The van der Waals surface area contributed by atoms with Gasteiger partial charge in [0, 0.05) is 25.0 Å². The van der Waals surface area contributed by atoms with Crippen LogP contribution in [0.25, 0.3) is 0 Å². The standard InChI is InChI=1S/C17H30N2/c1-2-3-4-5-6-7-8-12-19-13-11-16(14-19)17(18)15-9-10-15/h11,13-15,17H,2-10,12,18H2,1H3. The third kappa shape index (κ3) is 5.02. The van der Waals surface area contributed by atoms with Gasteiger partial charge in [-0.3, -0.25) is 0 Å². The smallest absolute Gasteiger partial charge is 0.0338 e. The molecular formula is C17H30N2. The molecular weight excluding hydrogens is 232 g/mol. The van der Waals surface area contributed by atoms with Crippen LogP contribution in [0.15, 0.2) is 18.5 Å². The van der Waals surface area contributed by atoms with Gasteiger partial charge in [-0.1, -0.05) is 45.4 Å². The van der Waals surface area contributed by atoms with Gasteiger partial charge in [0.25, 0.3) is 0 Å². The molecule has 1 fully saturated rings. The Labute approximate surface area is 118 Å². The second-order valence-corrected chi connectivity index (χ2v) is 6.17. The highest BCUT2D eigenvalue weighted by molar-refractivity contribution is 5.17. The summed E-state index contributed by atoms with van der Waals surface area (Å²) < 4.78 is 2.32. The molecule has 0 aromatic carbocycles. The molecule has 1 aliphatic carbocycles. The van der Waals surface area contributed by atoms with Crippen LogP contribution in [-0.4, -0.2) is 4.57 Å². The summed E-state index contributed by atoms with van der Waals surface area (Å²) in [5.41, 5.74) is 7.56. The molecule has 0 aliphatic heterocycles. The van der Waals surface area contributed by atoms with Gasteiger partial charge in [0.05, 0.1) is 0 Å². The van der Waals surface area contributed by atoms with Crippen molar-refractivity contribution in [3.05, 3.63) is 24.0 Å². The average molecular weight is 262 g/mol. The Morgan fingerprint density at radius 2 is 1.84 bits per heavy atom. The van der Waals surface area contributed by atoms with Crippen LogP contribution < -0.4 is 5.73 Å². The predicted octanol–water partition coefficient (Wildman–Crippen LogP) is 4.65. The molecule has 0 saturated heterocycles. The van der Waals surface area contributed by atoms with Crippen LogP contribution in [0.3, 0.4) is 0 Å². The molecule has 1 aliphatic rings. The molecule has 1 atom stereocenters. The monoisotopic (exact) mass is 262 g/mol. The first-order chi connectivity index (χ1) is 9.31. The zero-order chi connectivity index (χ0) is 13.5. The summed E-state index contributed by atoms with van der Waals surface area (Å²) in [7, 11) is 0. The molecule has 0 amide bonds. The molecule has 2 rings (SSSR count). The largest absolute Gasteiger partial charge is 0.354 e. The van der Waals surface area contributed by atoms with Crippen LogP contribution in [0.5, 0.6) is 0 Å². The van der Waals surface area contributed by atoms with Gasteiger partial charge in [-0.15, -0.1) is 0 Å². The number of aryl methyl sites for hydroxylation is 1. The summed E-state index contributed by atoms with van der Waals surface area (Å²) in [5, 5.41) is 0. The summed E-state index contributed by atoms with van der Waals surface area (Å²) in [6.45, 7) is 3.43. The number of nitrogens with zero attached hydrogens (tertiary/aromatic N) is 1. The Hall–Kier alpha value is -0.760. The first kappa shape index (κ1) is 14.6. The fourth-order valence-electron chi connectivity index (χ4n) is 2.77. The molecule has 2 N–H and O–H groups in total. The van der Waals surface area contributed by atoms with Crippen LogP contribution in [0, 0.1) is 5.92 Å². The van der Waals surface area contributed by atoms with E-state index >= 15 is 0 Å². The second-order valence-electron chi connectivity index (χ2n) is 6.17. The molecule has 0 bridgehead atoms. The minimum absolute atomic E-state index is 0.287. The number of rotatable bonds is 10. The van der Waals surface area contributed by atoms with Crippen LogP contribution in [0.4, 0.5) is 0 Å².